The highest BCUT2D eigenvalue weighted by atomic mass is 32.2. The zero-order valence-electron chi connectivity index (χ0n) is 15.3. The fraction of sp³-hybridized carbons (Fsp3) is 0.105. The number of carbonyl (C=O) groups is 1. The monoisotopic (exact) mass is 397 g/mol. The topological polar surface area (TPSA) is 113 Å². The summed E-state index contributed by atoms with van der Waals surface area (Å²) in [6, 6.07) is 16.8. The molecule has 28 heavy (non-hydrogen) atoms. The highest BCUT2D eigenvalue weighted by Crippen LogP contribution is 2.19. The highest BCUT2D eigenvalue weighted by Gasteiger charge is 2.15. The van der Waals surface area contributed by atoms with Crippen LogP contribution in [0.3, 0.4) is 0 Å². The number of benzene rings is 2. The van der Waals surface area contributed by atoms with Crippen LogP contribution in [-0.4, -0.2) is 24.5 Å². The third-order valence-electron chi connectivity index (χ3n) is 3.68. The fourth-order valence-electron chi connectivity index (χ4n) is 2.42. The van der Waals surface area contributed by atoms with Crippen LogP contribution in [0.15, 0.2) is 65.6 Å². The van der Waals surface area contributed by atoms with Gasteiger partial charge < -0.3 is 10.6 Å². The maximum Gasteiger partial charge on any atom is 0.263 e. The lowest BCUT2D eigenvalue weighted by Gasteiger charge is -2.09. The van der Waals surface area contributed by atoms with Crippen molar-refractivity contribution in [1.29, 1.82) is 0 Å². The van der Waals surface area contributed by atoms with Crippen LogP contribution in [0.5, 0.6) is 0 Å². The number of amides is 1. The van der Waals surface area contributed by atoms with Crippen LogP contribution >= 0.6 is 0 Å². The number of nitrogens with zero attached hydrogens (tertiary/aromatic N) is 2. The van der Waals surface area contributed by atoms with Crippen molar-refractivity contribution >= 4 is 38.9 Å². The van der Waals surface area contributed by atoms with E-state index in [-0.39, 0.29) is 16.6 Å². The Morgan fingerprint density at radius 3 is 2.14 bits per heavy atom. The summed E-state index contributed by atoms with van der Waals surface area (Å²) in [7, 11) is -3.73. The van der Waals surface area contributed by atoms with Gasteiger partial charge in [0, 0.05) is 18.3 Å². The molecule has 3 aromatic rings. The van der Waals surface area contributed by atoms with Gasteiger partial charge in [0.05, 0.1) is 4.90 Å². The normalized spacial score (nSPS) is 10.9. The van der Waals surface area contributed by atoms with Crippen LogP contribution in [0.2, 0.25) is 0 Å². The van der Waals surface area contributed by atoms with Crippen molar-refractivity contribution in [3.63, 3.8) is 0 Å². The second kappa shape index (κ2) is 8.05. The molecule has 1 aromatic heterocycles. The molecule has 144 valence electrons. The Bertz CT molecular complexity index is 1080. The molecule has 0 aliphatic carbocycles. The van der Waals surface area contributed by atoms with Gasteiger partial charge in [-0.15, -0.1) is 10.2 Å². The van der Waals surface area contributed by atoms with Gasteiger partial charge in [-0.3, -0.25) is 9.52 Å². The van der Waals surface area contributed by atoms with Gasteiger partial charge in [0.1, 0.15) is 0 Å². The summed E-state index contributed by atoms with van der Waals surface area (Å²) in [5, 5.41) is 13.6. The summed E-state index contributed by atoms with van der Waals surface area (Å²) < 4.78 is 27.2. The van der Waals surface area contributed by atoms with Crippen LogP contribution in [-0.2, 0) is 14.8 Å². The lowest BCUT2D eigenvalue weighted by molar-refractivity contribution is -0.114. The van der Waals surface area contributed by atoms with Crippen molar-refractivity contribution in [3.8, 4) is 0 Å². The minimum Gasteiger partial charge on any atom is -0.339 e. The van der Waals surface area contributed by atoms with Crippen LogP contribution in [0, 0.1) is 6.92 Å². The molecular formula is C19H19N5O3S. The standard InChI is InChI=1S/C19H19N5O3S/c1-13-4-3-5-17(12-13)28(26,27)24-19-11-10-18(22-23-19)21-16-8-6-15(7-9-16)20-14(2)25/h3-12H,1-2H3,(H,20,25)(H,21,22)(H,23,24). The van der Waals surface area contributed by atoms with Crippen LogP contribution < -0.4 is 15.4 Å². The van der Waals surface area contributed by atoms with E-state index in [1.54, 1.807) is 42.5 Å². The third-order valence-corrected chi connectivity index (χ3v) is 5.03. The van der Waals surface area contributed by atoms with Crippen molar-refractivity contribution in [2.75, 3.05) is 15.4 Å². The average molecular weight is 397 g/mol. The molecule has 3 N–H and O–H groups in total. The smallest absolute Gasteiger partial charge is 0.263 e. The number of aromatic nitrogens is 2. The van der Waals surface area contributed by atoms with Gasteiger partial charge >= 0.3 is 0 Å². The molecule has 1 heterocycles. The van der Waals surface area contributed by atoms with E-state index in [1.165, 1.54) is 19.1 Å². The summed E-state index contributed by atoms with van der Waals surface area (Å²) in [5.41, 5.74) is 2.28. The molecule has 9 heteroatoms. The Kier molecular flexibility index (Phi) is 5.55. The van der Waals surface area contributed by atoms with E-state index >= 15 is 0 Å². The summed E-state index contributed by atoms with van der Waals surface area (Å²) in [4.78, 5) is 11.2. The van der Waals surface area contributed by atoms with Crippen molar-refractivity contribution in [2.45, 2.75) is 18.7 Å². The van der Waals surface area contributed by atoms with E-state index < -0.39 is 10.0 Å². The maximum atomic E-state index is 12.4. The molecule has 0 saturated heterocycles. The number of carbonyl (C=O) groups excluding carboxylic acids is 1. The van der Waals surface area contributed by atoms with E-state index in [0.717, 1.165) is 11.3 Å². The van der Waals surface area contributed by atoms with Crippen molar-refractivity contribution < 1.29 is 13.2 Å². The minimum atomic E-state index is -3.73. The predicted octanol–water partition coefficient (Wildman–Crippen LogP) is 3.29. The number of nitrogens with one attached hydrogen (secondary N) is 3. The number of hydrogen-bond donors (Lipinski definition) is 3. The van der Waals surface area contributed by atoms with Crippen molar-refractivity contribution in [2.24, 2.45) is 0 Å². The summed E-state index contributed by atoms with van der Waals surface area (Å²) in [6.07, 6.45) is 0. The molecular weight excluding hydrogens is 378 g/mol. The summed E-state index contributed by atoms with van der Waals surface area (Å²) in [5.74, 6) is 0.425. The van der Waals surface area contributed by atoms with Crippen molar-refractivity contribution in [1.82, 2.24) is 10.2 Å². The molecule has 1 amide bonds. The SMILES string of the molecule is CC(=O)Nc1ccc(Nc2ccc(NS(=O)(=O)c3cccc(C)c3)nn2)cc1. The van der Waals surface area contributed by atoms with Gasteiger partial charge in [-0.25, -0.2) is 8.42 Å². The Morgan fingerprint density at radius 1 is 0.893 bits per heavy atom. The first kappa shape index (κ1) is 19.3. The molecule has 2 aromatic carbocycles. The molecule has 3 rings (SSSR count). The first-order valence-electron chi connectivity index (χ1n) is 8.40. The van der Waals surface area contributed by atoms with Crippen LogP contribution in [0.4, 0.5) is 23.0 Å². The van der Waals surface area contributed by atoms with E-state index in [9.17, 15) is 13.2 Å². The van der Waals surface area contributed by atoms with Crippen LogP contribution in [0.1, 0.15) is 12.5 Å². The van der Waals surface area contributed by atoms with Crippen molar-refractivity contribution in [3.05, 3.63) is 66.2 Å². The Labute approximate surface area is 163 Å². The lowest BCUT2D eigenvalue weighted by atomic mass is 10.2. The summed E-state index contributed by atoms with van der Waals surface area (Å²) in [6.45, 7) is 3.26. The fourth-order valence-corrected chi connectivity index (χ4v) is 3.52. The van der Waals surface area contributed by atoms with Gasteiger partial charge in [-0.1, -0.05) is 12.1 Å². The number of hydrogen-bond acceptors (Lipinski definition) is 6. The third kappa shape index (κ3) is 5.04. The molecule has 0 spiro atoms. The first-order valence-corrected chi connectivity index (χ1v) is 9.88. The summed E-state index contributed by atoms with van der Waals surface area (Å²) >= 11 is 0. The molecule has 0 bridgehead atoms. The molecule has 0 atom stereocenters. The second-order valence-corrected chi connectivity index (χ2v) is 7.79. The second-order valence-electron chi connectivity index (χ2n) is 6.11. The largest absolute Gasteiger partial charge is 0.339 e. The molecule has 0 radical (unpaired) electrons. The lowest BCUT2D eigenvalue weighted by Crippen LogP contribution is -2.14. The molecule has 8 nitrogen and oxygen atoms in total. The van der Waals surface area contributed by atoms with E-state index in [0.29, 0.717) is 11.5 Å². The van der Waals surface area contributed by atoms with Gasteiger partial charge in [0.2, 0.25) is 5.91 Å². The Balaban J connectivity index is 1.67. The Morgan fingerprint density at radius 2 is 1.54 bits per heavy atom. The van der Waals surface area contributed by atoms with Gasteiger partial charge in [0.15, 0.2) is 11.6 Å². The predicted molar refractivity (Wildman–Crippen MR) is 108 cm³/mol. The quantitative estimate of drug-likeness (QED) is 0.588. The average Bonchev–Trinajstić information content (AvgIpc) is 2.64. The molecule has 0 aliphatic rings. The first-order chi connectivity index (χ1) is 13.3. The van der Waals surface area contributed by atoms with E-state index in [1.807, 2.05) is 13.0 Å². The number of aryl methyl sites for hydroxylation is 1. The minimum absolute atomic E-state index is 0.119. The number of sulfonamides is 1. The highest BCUT2D eigenvalue weighted by molar-refractivity contribution is 7.92. The molecule has 0 unspecified atom stereocenters. The van der Waals surface area contributed by atoms with Gasteiger partial charge in [-0.2, -0.15) is 0 Å². The zero-order chi connectivity index (χ0) is 20.1. The van der Waals surface area contributed by atoms with E-state index in [2.05, 4.69) is 25.6 Å². The number of rotatable bonds is 6. The Hall–Kier alpha value is -3.46. The van der Waals surface area contributed by atoms with Gasteiger partial charge in [0.25, 0.3) is 10.0 Å². The van der Waals surface area contributed by atoms with E-state index in [4.69, 9.17) is 0 Å². The molecule has 0 fully saturated rings. The molecule has 0 aliphatic heterocycles. The zero-order valence-corrected chi connectivity index (χ0v) is 16.1. The number of anilines is 4. The molecule has 0 saturated carbocycles. The van der Waals surface area contributed by atoms with Crippen LogP contribution in [0.25, 0.3) is 0 Å². The maximum absolute atomic E-state index is 12.4. The van der Waals surface area contributed by atoms with Gasteiger partial charge in [-0.05, 0) is 61.0 Å².